The molecule has 0 saturated heterocycles. The van der Waals surface area contributed by atoms with E-state index in [-0.39, 0.29) is 6.61 Å². The van der Waals surface area contributed by atoms with E-state index in [1.54, 1.807) is 0 Å². The average Bonchev–Trinajstić information content (AvgIpc) is 1.97. The fraction of sp³-hybridized carbons (Fsp3) is 0.667. The molecule has 0 spiro atoms. The van der Waals surface area contributed by atoms with Gasteiger partial charge in [0.15, 0.2) is 0 Å². The van der Waals surface area contributed by atoms with Crippen LogP contribution in [0.3, 0.4) is 0 Å². The van der Waals surface area contributed by atoms with Crippen LogP contribution in [-0.2, 0) is 9.47 Å². The Morgan fingerprint density at radius 1 is 1.18 bits per heavy atom. The Morgan fingerprint density at radius 3 is 2.27 bits per heavy atom. The maximum Gasteiger partial charge on any atom is 0.342 e. The zero-order chi connectivity index (χ0) is 8.69. The third kappa shape index (κ3) is 5.72. The Bertz CT molecular complexity index is 132. The molecular weight excluding hydrogens is 161 g/mol. The van der Waals surface area contributed by atoms with E-state index in [2.05, 4.69) is 9.47 Å². The molecule has 0 aliphatic rings. The molecule has 0 saturated carbocycles. The van der Waals surface area contributed by atoms with Crippen LogP contribution in [0.5, 0.6) is 0 Å². The summed E-state index contributed by atoms with van der Waals surface area (Å²) in [7, 11) is 1.46. The van der Waals surface area contributed by atoms with Crippen molar-refractivity contribution < 1.29 is 22.6 Å². The Hall–Kier alpha value is -0.710. The van der Waals surface area contributed by atoms with E-state index in [0.29, 0.717) is 13.0 Å². The molecular formula is C6H9F3O2. The highest BCUT2D eigenvalue weighted by Crippen LogP contribution is 2.10. The fourth-order valence-electron chi connectivity index (χ4n) is 0.420. The van der Waals surface area contributed by atoms with Crippen molar-refractivity contribution >= 4 is 0 Å². The van der Waals surface area contributed by atoms with Crippen LogP contribution in [0.4, 0.5) is 13.2 Å². The predicted octanol–water partition coefficient (Wildman–Crippen LogP) is 2.07. The van der Waals surface area contributed by atoms with Crippen LogP contribution in [0.15, 0.2) is 12.1 Å². The second-order valence-electron chi connectivity index (χ2n) is 1.73. The number of methoxy groups -OCH3 is 1. The first-order valence-electron chi connectivity index (χ1n) is 3.01. The van der Waals surface area contributed by atoms with E-state index in [4.69, 9.17) is 0 Å². The SMILES string of the molecule is COCCCOC(F)=C(F)F. The maximum absolute atomic E-state index is 11.8. The minimum atomic E-state index is -2.43. The molecule has 0 aromatic carbocycles. The third-order valence-electron chi connectivity index (χ3n) is 0.870. The summed E-state index contributed by atoms with van der Waals surface area (Å²) in [6, 6.07) is -1.80. The summed E-state index contributed by atoms with van der Waals surface area (Å²) < 4.78 is 43.0. The zero-order valence-corrected chi connectivity index (χ0v) is 6.07. The first kappa shape index (κ1) is 10.3. The van der Waals surface area contributed by atoms with Crippen molar-refractivity contribution in [1.29, 1.82) is 0 Å². The number of rotatable bonds is 5. The Balaban J connectivity index is 3.32. The van der Waals surface area contributed by atoms with E-state index in [1.807, 2.05) is 0 Å². The van der Waals surface area contributed by atoms with Gasteiger partial charge < -0.3 is 9.47 Å². The average molecular weight is 170 g/mol. The molecule has 0 fully saturated rings. The van der Waals surface area contributed by atoms with Crippen LogP contribution >= 0.6 is 0 Å². The molecule has 0 amide bonds. The number of hydrogen-bond donors (Lipinski definition) is 0. The summed E-state index contributed by atoms with van der Waals surface area (Å²) in [6.45, 7) is 0.262. The van der Waals surface area contributed by atoms with Gasteiger partial charge in [0.25, 0.3) is 0 Å². The molecule has 0 radical (unpaired) electrons. The minimum Gasteiger partial charge on any atom is -0.467 e. The molecule has 11 heavy (non-hydrogen) atoms. The van der Waals surface area contributed by atoms with Crippen molar-refractivity contribution in [3.8, 4) is 0 Å². The van der Waals surface area contributed by atoms with Gasteiger partial charge in [-0.05, 0) is 0 Å². The lowest BCUT2D eigenvalue weighted by molar-refractivity contribution is 0.0960. The maximum atomic E-state index is 11.8. The summed E-state index contributed by atoms with van der Waals surface area (Å²) in [4.78, 5) is 0. The van der Waals surface area contributed by atoms with E-state index in [9.17, 15) is 13.2 Å². The number of ether oxygens (including phenoxy) is 2. The lowest BCUT2D eigenvalue weighted by Gasteiger charge is -2.00. The Kier molecular flexibility index (Phi) is 5.64. The van der Waals surface area contributed by atoms with Gasteiger partial charge >= 0.3 is 12.1 Å². The molecule has 0 atom stereocenters. The topological polar surface area (TPSA) is 18.5 Å². The van der Waals surface area contributed by atoms with E-state index < -0.39 is 12.1 Å². The quantitative estimate of drug-likeness (QED) is 0.464. The molecule has 0 heterocycles. The second kappa shape index (κ2) is 6.03. The molecule has 0 aliphatic heterocycles. The largest absolute Gasteiger partial charge is 0.467 e. The van der Waals surface area contributed by atoms with Gasteiger partial charge in [-0.15, -0.1) is 0 Å². The molecule has 2 nitrogen and oxygen atoms in total. The van der Waals surface area contributed by atoms with Gasteiger partial charge in [-0.25, -0.2) is 0 Å². The first-order valence-corrected chi connectivity index (χ1v) is 3.01. The summed E-state index contributed by atoms with van der Waals surface area (Å²) in [5.74, 6) is 0. The van der Waals surface area contributed by atoms with Crippen LogP contribution in [0.1, 0.15) is 6.42 Å². The molecule has 5 heteroatoms. The number of hydrogen-bond acceptors (Lipinski definition) is 2. The van der Waals surface area contributed by atoms with Crippen LogP contribution in [0.2, 0.25) is 0 Å². The van der Waals surface area contributed by atoms with Crippen molar-refractivity contribution in [3.63, 3.8) is 0 Å². The van der Waals surface area contributed by atoms with Crippen LogP contribution in [0.25, 0.3) is 0 Å². The van der Waals surface area contributed by atoms with E-state index in [1.165, 1.54) is 7.11 Å². The molecule has 66 valence electrons. The fourth-order valence-corrected chi connectivity index (χ4v) is 0.420. The molecule has 0 aromatic rings. The van der Waals surface area contributed by atoms with Gasteiger partial charge in [-0.3, -0.25) is 0 Å². The monoisotopic (exact) mass is 170 g/mol. The number of halogens is 3. The summed E-state index contributed by atoms with van der Waals surface area (Å²) in [6.07, 6.45) is -2.04. The highest BCUT2D eigenvalue weighted by atomic mass is 19.3. The first-order chi connectivity index (χ1) is 5.18. The summed E-state index contributed by atoms with van der Waals surface area (Å²) in [5.41, 5.74) is 0. The summed E-state index contributed by atoms with van der Waals surface area (Å²) in [5, 5.41) is 0. The Labute approximate surface area is 62.6 Å². The Morgan fingerprint density at radius 2 is 1.82 bits per heavy atom. The molecule has 0 rings (SSSR count). The lowest BCUT2D eigenvalue weighted by atomic mass is 10.5. The normalized spacial score (nSPS) is 9.45. The van der Waals surface area contributed by atoms with Gasteiger partial charge in [-0.2, -0.15) is 13.2 Å². The predicted molar refractivity (Wildman–Crippen MR) is 32.8 cm³/mol. The molecule has 0 unspecified atom stereocenters. The zero-order valence-electron chi connectivity index (χ0n) is 6.07. The van der Waals surface area contributed by atoms with Crippen molar-refractivity contribution in [2.75, 3.05) is 20.3 Å². The van der Waals surface area contributed by atoms with E-state index in [0.717, 1.165) is 0 Å². The van der Waals surface area contributed by atoms with Crippen LogP contribution < -0.4 is 0 Å². The molecule has 0 bridgehead atoms. The van der Waals surface area contributed by atoms with Gasteiger partial charge in [0.2, 0.25) is 0 Å². The van der Waals surface area contributed by atoms with Gasteiger partial charge in [-0.1, -0.05) is 0 Å². The standard InChI is InChI=1S/C6H9F3O2/c1-10-3-2-4-11-6(9)5(7)8/h2-4H2,1H3. The third-order valence-corrected chi connectivity index (χ3v) is 0.870. The van der Waals surface area contributed by atoms with Crippen LogP contribution in [-0.4, -0.2) is 20.3 Å². The molecule has 0 aliphatic carbocycles. The van der Waals surface area contributed by atoms with E-state index >= 15 is 0 Å². The van der Waals surface area contributed by atoms with Crippen molar-refractivity contribution in [1.82, 2.24) is 0 Å². The second-order valence-corrected chi connectivity index (χ2v) is 1.73. The molecule has 0 N–H and O–H groups in total. The van der Waals surface area contributed by atoms with Crippen molar-refractivity contribution in [2.45, 2.75) is 6.42 Å². The minimum absolute atomic E-state index is 0.100. The highest BCUT2D eigenvalue weighted by molar-refractivity contribution is 4.80. The van der Waals surface area contributed by atoms with Crippen LogP contribution in [0, 0.1) is 0 Å². The van der Waals surface area contributed by atoms with Crippen molar-refractivity contribution in [3.05, 3.63) is 12.1 Å². The molecule has 0 aromatic heterocycles. The highest BCUT2D eigenvalue weighted by Gasteiger charge is 2.04. The van der Waals surface area contributed by atoms with Crippen molar-refractivity contribution in [2.24, 2.45) is 0 Å². The lowest BCUT2D eigenvalue weighted by Crippen LogP contribution is -1.97. The van der Waals surface area contributed by atoms with Gasteiger partial charge in [0, 0.05) is 20.1 Å². The van der Waals surface area contributed by atoms with Gasteiger partial charge in [0.05, 0.1) is 6.61 Å². The summed E-state index contributed by atoms with van der Waals surface area (Å²) >= 11 is 0. The van der Waals surface area contributed by atoms with Gasteiger partial charge in [0.1, 0.15) is 0 Å². The smallest absolute Gasteiger partial charge is 0.342 e.